The van der Waals surface area contributed by atoms with Crippen molar-refractivity contribution in [1.82, 2.24) is 4.90 Å². The Kier molecular flexibility index (Phi) is 5.83. The molecule has 1 aromatic carbocycles. The summed E-state index contributed by atoms with van der Waals surface area (Å²) in [4.78, 5) is 13.4. The Morgan fingerprint density at radius 3 is 2.74 bits per heavy atom. The van der Waals surface area contributed by atoms with Gasteiger partial charge in [-0.1, -0.05) is 12.1 Å². The molecule has 0 aromatic heterocycles. The number of aryl methyl sites for hydroxylation is 2. The minimum atomic E-state index is -0.159. The molecule has 1 atom stereocenters. The Bertz CT molecular complexity index is 431. The summed E-state index contributed by atoms with van der Waals surface area (Å²) in [6, 6.07) is 5.85. The van der Waals surface area contributed by atoms with E-state index in [1.807, 2.05) is 39.0 Å². The quantitative estimate of drug-likeness (QED) is 0.855. The molecule has 0 fully saturated rings. The van der Waals surface area contributed by atoms with Crippen LogP contribution in [0.1, 0.15) is 24.5 Å². The average Bonchev–Trinajstić information content (AvgIpc) is 2.40. The molecule has 4 heteroatoms. The maximum Gasteiger partial charge on any atom is 0.226 e. The Balaban J connectivity index is 2.46. The molecule has 0 saturated carbocycles. The van der Waals surface area contributed by atoms with Gasteiger partial charge in [-0.05, 0) is 38.0 Å². The van der Waals surface area contributed by atoms with Gasteiger partial charge in [0.15, 0.2) is 0 Å². The number of likely N-dealkylation sites (N-methyl/N-ethyl adjacent to an activating group) is 1. The molecule has 1 unspecified atom stereocenters. The molecule has 0 aliphatic rings. The van der Waals surface area contributed by atoms with E-state index in [1.54, 1.807) is 11.9 Å². The minimum Gasteiger partial charge on any atom is -0.493 e. The van der Waals surface area contributed by atoms with Crippen molar-refractivity contribution in [1.29, 1.82) is 0 Å². The fourth-order valence-corrected chi connectivity index (χ4v) is 1.66. The van der Waals surface area contributed by atoms with Crippen molar-refractivity contribution in [2.75, 3.05) is 20.3 Å². The second-order valence-corrected chi connectivity index (χ2v) is 4.90. The van der Waals surface area contributed by atoms with Gasteiger partial charge in [0.1, 0.15) is 5.75 Å². The molecule has 0 heterocycles. The summed E-state index contributed by atoms with van der Waals surface area (Å²) < 4.78 is 5.64. The van der Waals surface area contributed by atoms with Crippen LogP contribution in [0, 0.1) is 13.8 Å². The van der Waals surface area contributed by atoms with Crippen LogP contribution in [0.25, 0.3) is 0 Å². The van der Waals surface area contributed by atoms with Crippen molar-refractivity contribution >= 4 is 5.91 Å². The van der Waals surface area contributed by atoms with Gasteiger partial charge in [0.2, 0.25) is 5.91 Å². The summed E-state index contributed by atoms with van der Waals surface area (Å²) in [7, 11) is 1.70. The minimum absolute atomic E-state index is 0.0214. The van der Waals surface area contributed by atoms with Gasteiger partial charge in [0.05, 0.1) is 25.7 Å². The number of hydrogen-bond acceptors (Lipinski definition) is 3. The van der Waals surface area contributed by atoms with E-state index in [2.05, 4.69) is 0 Å². The van der Waals surface area contributed by atoms with E-state index < -0.39 is 0 Å². The molecule has 1 N–H and O–H groups in total. The second-order valence-electron chi connectivity index (χ2n) is 4.90. The lowest BCUT2D eigenvalue weighted by Gasteiger charge is -2.23. The van der Waals surface area contributed by atoms with Gasteiger partial charge in [0, 0.05) is 7.05 Å². The van der Waals surface area contributed by atoms with Gasteiger partial charge in [0.25, 0.3) is 0 Å². The standard InChI is InChI=1S/C15H23NO3/c1-11-5-6-12(2)14(9-11)19-8-7-15(18)16(4)13(3)10-17/h5-6,9,13,17H,7-8,10H2,1-4H3. The Labute approximate surface area is 115 Å². The topological polar surface area (TPSA) is 49.8 Å². The molecule has 106 valence electrons. The zero-order valence-electron chi connectivity index (χ0n) is 12.1. The van der Waals surface area contributed by atoms with Crippen molar-refractivity contribution < 1.29 is 14.6 Å². The van der Waals surface area contributed by atoms with E-state index in [4.69, 9.17) is 9.84 Å². The highest BCUT2D eigenvalue weighted by Gasteiger charge is 2.14. The van der Waals surface area contributed by atoms with Gasteiger partial charge in [-0.3, -0.25) is 4.79 Å². The summed E-state index contributed by atoms with van der Waals surface area (Å²) in [6.45, 7) is 6.12. The van der Waals surface area contributed by atoms with E-state index in [1.165, 1.54) is 0 Å². The lowest BCUT2D eigenvalue weighted by atomic mass is 10.1. The van der Waals surface area contributed by atoms with Crippen molar-refractivity contribution in [3.63, 3.8) is 0 Å². The third-order valence-electron chi connectivity index (χ3n) is 3.24. The largest absolute Gasteiger partial charge is 0.493 e. The number of benzene rings is 1. The molecule has 4 nitrogen and oxygen atoms in total. The maximum absolute atomic E-state index is 11.8. The predicted molar refractivity (Wildman–Crippen MR) is 75.3 cm³/mol. The van der Waals surface area contributed by atoms with Crippen LogP contribution >= 0.6 is 0 Å². The third kappa shape index (κ3) is 4.56. The maximum atomic E-state index is 11.8. The summed E-state index contributed by atoms with van der Waals surface area (Å²) in [5.41, 5.74) is 2.20. The fourth-order valence-electron chi connectivity index (χ4n) is 1.66. The summed E-state index contributed by atoms with van der Waals surface area (Å²) in [5, 5.41) is 9.00. The number of nitrogens with zero attached hydrogens (tertiary/aromatic N) is 1. The number of hydrogen-bond donors (Lipinski definition) is 1. The van der Waals surface area contributed by atoms with Crippen LogP contribution < -0.4 is 4.74 Å². The predicted octanol–water partition coefficient (Wildman–Crippen LogP) is 1.91. The number of carbonyl (C=O) groups is 1. The highest BCUT2D eigenvalue weighted by atomic mass is 16.5. The van der Waals surface area contributed by atoms with Crippen LogP contribution in [0.5, 0.6) is 5.75 Å². The highest BCUT2D eigenvalue weighted by molar-refractivity contribution is 5.76. The summed E-state index contributed by atoms with van der Waals surface area (Å²) in [5.74, 6) is 0.803. The van der Waals surface area contributed by atoms with Crippen molar-refractivity contribution in [2.45, 2.75) is 33.2 Å². The van der Waals surface area contributed by atoms with Crippen LogP contribution in [-0.4, -0.2) is 42.2 Å². The molecule has 0 spiro atoms. The van der Waals surface area contributed by atoms with E-state index >= 15 is 0 Å². The van der Waals surface area contributed by atoms with Crippen molar-refractivity contribution in [3.05, 3.63) is 29.3 Å². The molecule has 19 heavy (non-hydrogen) atoms. The van der Waals surface area contributed by atoms with Crippen LogP contribution in [0.2, 0.25) is 0 Å². The van der Waals surface area contributed by atoms with Crippen LogP contribution in [0.4, 0.5) is 0 Å². The summed E-state index contributed by atoms with van der Waals surface area (Å²) in [6.07, 6.45) is 0.314. The average molecular weight is 265 g/mol. The van der Waals surface area contributed by atoms with E-state index in [9.17, 15) is 4.79 Å². The zero-order valence-corrected chi connectivity index (χ0v) is 12.1. The van der Waals surface area contributed by atoms with Crippen molar-refractivity contribution in [2.24, 2.45) is 0 Å². The zero-order chi connectivity index (χ0) is 14.4. The first-order valence-electron chi connectivity index (χ1n) is 6.52. The van der Waals surface area contributed by atoms with Gasteiger partial charge in [-0.2, -0.15) is 0 Å². The van der Waals surface area contributed by atoms with E-state index in [-0.39, 0.29) is 18.6 Å². The number of carbonyl (C=O) groups excluding carboxylic acids is 1. The molecular formula is C15H23NO3. The van der Waals surface area contributed by atoms with Crippen LogP contribution in [-0.2, 0) is 4.79 Å². The van der Waals surface area contributed by atoms with Gasteiger partial charge < -0.3 is 14.7 Å². The molecule has 0 radical (unpaired) electrons. The van der Waals surface area contributed by atoms with E-state index in [0.29, 0.717) is 13.0 Å². The first-order chi connectivity index (χ1) is 8.95. The number of amides is 1. The van der Waals surface area contributed by atoms with Gasteiger partial charge in [-0.25, -0.2) is 0 Å². The van der Waals surface area contributed by atoms with Crippen LogP contribution in [0.3, 0.4) is 0 Å². The Morgan fingerprint density at radius 2 is 2.11 bits per heavy atom. The molecule has 0 aliphatic carbocycles. The number of aliphatic hydroxyl groups is 1. The first kappa shape index (κ1) is 15.5. The monoisotopic (exact) mass is 265 g/mol. The highest BCUT2D eigenvalue weighted by Crippen LogP contribution is 2.19. The summed E-state index contributed by atoms with van der Waals surface area (Å²) >= 11 is 0. The number of aliphatic hydroxyl groups excluding tert-OH is 1. The SMILES string of the molecule is Cc1ccc(C)c(OCCC(=O)N(C)C(C)CO)c1. The molecule has 0 bridgehead atoms. The van der Waals surface area contributed by atoms with Gasteiger partial charge >= 0.3 is 0 Å². The third-order valence-corrected chi connectivity index (χ3v) is 3.24. The molecule has 0 saturated heterocycles. The molecule has 0 aliphatic heterocycles. The molecule has 1 aromatic rings. The Morgan fingerprint density at radius 1 is 1.42 bits per heavy atom. The van der Waals surface area contributed by atoms with E-state index in [0.717, 1.165) is 16.9 Å². The fraction of sp³-hybridized carbons (Fsp3) is 0.533. The van der Waals surface area contributed by atoms with Crippen LogP contribution in [0.15, 0.2) is 18.2 Å². The second kappa shape index (κ2) is 7.14. The molecular weight excluding hydrogens is 242 g/mol. The molecule has 1 amide bonds. The smallest absolute Gasteiger partial charge is 0.226 e. The lowest BCUT2D eigenvalue weighted by molar-refractivity contribution is -0.132. The molecule has 1 rings (SSSR count). The number of ether oxygens (including phenoxy) is 1. The van der Waals surface area contributed by atoms with Crippen molar-refractivity contribution in [3.8, 4) is 5.75 Å². The normalized spacial score (nSPS) is 12.1. The lowest BCUT2D eigenvalue weighted by Crippen LogP contribution is -2.37. The first-order valence-corrected chi connectivity index (χ1v) is 6.52. The Hall–Kier alpha value is -1.55. The number of rotatable bonds is 6. The van der Waals surface area contributed by atoms with Gasteiger partial charge in [-0.15, -0.1) is 0 Å².